The summed E-state index contributed by atoms with van der Waals surface area (Å²) < 4.78 is 5.27. The van der Waals surface area contributed by atoms with Crippen molar-refractivity contribution in [3.8, 4) is 0 Å². The van der Waals surface area contributed by atoms with Gasteiger partial charge in [0.25, 0.3) is 0 Å². The van der Waals surface area contributed by atoms with E-state index in [1.54, 1.807) is 0 Å². The Balaban J connectivity index is 1.47. The molecule has 1 heterocycles. The van der Waals surface area contributed by atoms with Crippen LogP contribution in [0, 0.1) is 0 Å². The summed E-state index contributed by atoms with van der Waals surface area (Å²) >= 11 is 0. The van der Waals surface area contributed by atoms with Crippen LogP contribution in [-0.4, -0.2) is 24.6 Å². The number of ether oxygens (including phenoxy) is 1. The molecule has 130 valence electrons. The van der Waals surface area contributed by atoms with Crippen molar-refractivity contribution in [1.29, 1.82) is 0 Å². The first kappa shape index (κ1) is 17.0. The number of hydrogen-bond acceptors (Lipinski definition) is 3. The lowest BCUT2D eigenvalue weighted by Gasteiger charge is -2.29. The zero-order chi connectivity index (χ0) is 17.5. The number of carbonyl (C=O) groups excluding carboxylic acids is 2. The van der Waals surface area contributed by atoms with Gasteiger partial charge in [0.05, 0.1) is 6.04 Å². The number of nitrogens with one attached hydrogen (secondary N) is 2. The molecule has 2 atom stereocenters. The van der Waals surface area contributed by atoms with Crippen molar-refractivity contribution >= 4 is 12.0 Å². The van der Waals surface area contributed by atoms with Crippen LogP contribution in [0.4, 0.5) is 4.79 Å². The van der Waals surface area contributed by atoms with Gasteiger partial charge in [-0.2, -0.15) is 0 Å². The summed E-state index contributed by atoms with van der Waals surface area (Å²) in [6.45, 7) is 0.596. The summed E-state index contributed by atoms with van der Waals surface area (Å²) in [4.78, 5) is 23.8. The summed E-state index contributed by atoms with van der Waals surface area (Å²) in [7, 11) is 0. The van der Waals surface area contributed by atoms with E-state index in [4.69, 9.17) is 4.74 Å². The fourth-order valence-corrected chi connectivity index (χ4v) is 3.08. The van der Waals surface area contributed by atoms with Gasteiger partial charge in [-0.3, -0.25) is 4.79 Å². The summed E-state index contributed by atoms with van der Waals surface area (Å²) in [5.41, 5.74) is 2.16. The van der Waals surface area contributed by atoms with Gasteiger partial charge in [-0.1, -0.05) is 60.7 Å². The van der Waals surface area contributed by atoms with Gasteiger partial charge in [-0.05, 0) is 23.5 Å². The van der Waals surface area contributed by atoms with Crippen molar-refractivity contribution < 1.29 is 14.3 Å². The van der Waals surface area contributed by atoms with Gasteiger partial charge >= 0.3 is 6.09 Å². The molecule has 0 saturated carbocycles. The number of alkyl carbamates (subject to hydrolysis) is 1. The van der Waals surface area contributed by atoms with Crippen LogP contribution in [0.2, 0.25) is 0 Å². The van der Waals surface area contributed by atoms with Gasteiger partial charge in [0, 0.05) is 13.0 Å². The molecule has 0 bridgehead atoms. The van der Waals surface area contributed by atoms with Crippen LogP contribution in [0.5, 0.6) is 0 Å². The molecule has 2 aromatic carbocycles. The molecule has 5 nitrogen and oxygen atoms in total. The number of rotatable bonds is 5. The molecular weight excluding hydrogens is 316 g/mol. The Morgan fingerprint density at radius 2 is 1.76 bits per heavy atom. The highest BCUT2D eigenvalue weighted by molar-refractivity contribution is 5.78. The highest BCUT2D eigenvalue weighted by Crippen LogP contribution is 2.28. The van der Waals surface area contributed by atoms with Crippen molar-refractivity contribution in [2.45, 2.75) is 31.3 Å². The Morgan fingerprint density at radius 3 is 2.48 bits per heavy atom. The quantitative estimate of drug-likeness (QED) is 0.881. The first-order valence-corrected chi connectivity index (χ1v) is 8.49. The van der Waals surface area contributed by atoms with E-state index in [9.17, 15) is 9.59 Å². The van der Waals surface area contributed by atoms with Crippen LogP contribution in [0.15, 0.2) is 60.7 Å². The Hall–Kier alpha value is -2.82. The molecule has 2 aromatic rings. The van der Waals surface area contributed by atoms with Crippen LogP contribution in [-0.2, 0) is 16.1 Å². The standard InChI is InChI=1S/C20H22N2O3/c23-19-12-17(16-9-5-2-6-10-16)11-18(22-19)14-25-20(24)21-13-15-7-3-1-4-8-15/h1-10,17-18H,11-14H2,(H,21,24)(H,22,23)/t17-,18+/m1/s1. The molecule has 0 spiro atoms. The Kier molecular flexibility index (Phi) is 5.67. The molecule has 1 aliphatic rings. The monoisotopic (exact) mass is 338 g/mol. The maximum Gasteiger partial charge on any atom is 0.407 e. The molecule has 2 N–H and O–H groups in total. The maximum absolute atomic E-state index is 11.9. The van der Waals surface area contributed by atoms with Gasteiger partial charge in [-0.15, -0.1) is 0 Å². The summed E-state index contributed by atoms with van der Waals surface area (Å²) in [6.07, 6.45) is 0.766. The smallest absolute Gasteiger partial charge is 0.407 e. The topological polar surface area (TPSA) is 67.4 Å². The molecule has 1 saturated heterocycles. The molecule has 1 fully saturated rings. The van der Waals surface area contributed by atoms with E-state index in [-0.39, 0.29) is 24.5 Å². The molecule has 1 aliphatic heterocycles. The first-order valence-electron chi connectivity index (χ1n) is 8.49. The highest BCUT2D eigenvalue weighted by atomic mass is 16.5. The van der Waals surface area contributed by atoms with Crippen LogP contribution in [0.3, 0.4) is 0 Å². The van der Waals surface area contributed by atoms with Crippen molar-refractivity contribution in [1.82, 2.24) is 10.6 Å². The van der Waals surface area contributed by atoms with E-state index in [0.29, 0.717) is 13.0 Å². The second-order valence-electron chi connectivity index (χ2n) is 6.25. The lowest BCUT2D eigenvalue weighted by Crippen LogP contribution is -2.45. The Labute approximate surface area is 147 Å². The first-order chi connectivity index (χ1) is 12.2. The molecule has 2 amide bonds. The zero-order valence-corrected chi connectivity index (χ0v) is 14.0. The summed E-state index contributed by atoms with van der Waals surface area (Å²) in [5, 5.41) is 5.62. The molecule has 0 aromatic heterocycles. The SMILES string of the molecule is O=C1C[C@H](c2ccccc2)C[C@@H](COC(=O)NCc2ccccc2)N1. The minimum Gasteiger partial charge on any atom is -0.447 e. The molecular formula is C20H22N2O3. The normalized spacial score (nSPS) is 19.8. The molecule has 0 aliphatic carbocycles. The van der Waals surface area contributed by atoms with Gasteiger partial charge in [-0.25, -0.2) is 4.79 Å². The van der Waals surface area contributed by atoms with Crippen LogP contribution < -0.4 is 10.6 Å². The number of hydrogen-bond donors (Lipinski definition) is 2. The number of piperidine rings is 1. The Morgan fingerprint density at radius 1 is 1.08 bits per heavy atom. The molecule has 0 unspecified atom stereocenters. The second kappa shape index (κ2) is 8.33. The van der Waals surface area contributed by atoms with E-state index >= 15 is 0 Å². The minimum absolute atomic E-state index is 0.00148. The van der Waals surface area contributed by atoms with E-state index in [2.05, 4.69) is 10.6 Å². The third-order valence-electron chi connectivity index (χ3n) is 4.33. The second-order valence-corrected chi connectivity index (χ2v) is 6.25. The molecule has 5 heteroatoms. The average Bonchev–Trinajstić information content (AvgIpc) is 2.66. The van der Waals surface area contributed by atoms with Crippen LogP contribution >= 0.6 is 0 Å². The Bertz CT molecular complexity index is 703. The predicted octanol–water partition coefficient (Wildman–Crippen LogP) is 2.98. The third-order valence-corrected chi connectivity index (χ3v) is 4.33. The van der Waals surface area contributed by atoms with Crippen molar-refractivity contribution in [3.63, 3.8) is 0 Å². The van der Waals surface area contributed by atoms with Gasteiger partial charge in [0.15, 0.2) is 0 Å². The third kappa shape index (κ3) is 5.08. The molecule has 0 radical (unpaired) electrons. The van der Waals surface area contributed by atoms with E-state index in [0.717, 1.165) is 17.5 Å². The van der Waals surface area contributed by atoms with Crippen LogP contribution in [0.1, 0.15) is 29.9 Å². The van der Waals surface area contributed by atoms with Crippen molar-refractivity contribution in [3.05, 3.63) is 71.8 Å². The van der Waals surface area contributed by atoms with E-state index in [1.165, 1.54) is 0 Å². The van der Waals surface area contributed by atoms with Crippen molar-refractivity contribution in [2.24, 2.45) is 0 Å². The lowest BCUT2D eigenvalue weighted by atomic mass is 9.86. The summed E-state index contributed by atoms with van der Waals surface area (Å²) in [6, 6.07) is 19.5. The highest BCUT2D eigenvalue weighted by Gasteiger charge is 2.28. The zero-order valence-electron chi connectivity index (χ0n) is 14.0. The number of benzene rings is 2. The van der Waals surface area contributed by atoms with E-state index in [1.807, 2.05) is 60.7 Å². The molecule has 3 rings (SSSR count). The maximum atomic E-state index is 11.9. The van der Waals surface area contributed by atoms with Crippen molar-refractivity contribution in [2.75, 3.05) is 6.61 Å². The minimum atomic E-state index is -0.472. The fourth-order valence-electron chi connectivity index (χ4n) is 3.08. The number of amides is 2. The van der Waals surface area contributed by atoms with Crippen LogP contribution in [0.25, 0.3) is 0 Å². The van der Waals surface area contributed by atoms with Gasteiger partial charge < -0.3 is 15.4 Å². The molecule has 25 heavy (non-hydrogen) atoms. The van der Waals surface area contributed by atoms with Gasteiger partial charge in [0.1, 0.15) is 6.61 Å². The number of carbonyl (C=O) groups is 2. The average molecular weight is 338 g/mol. The largest absolute Gasteiger partial charge is 0.447 e. The fraction of sp³-hybridized carbons (Fsp3) is 0.300. The summed E-state index contributed by atoms with van der Waals surface area (Å²) in [5.74, 6) is 0.161. The predicted molar refractivity (Wildman–Crippen MR) is 95.0 cm³/mol. The lowest BCUT2D eigenvalue weighted by molar-refractivity contribution is -0.124. The van der Waals surface area contributed by atoms with E-state index < -0.39 is 6.09 Å². The van der Waals surface area contributed by atoms with Gasteiger partial charge in [0.2, 0.25) is 5.91 Å².